The lowest BCUT2D eigenvalue weighted by Crippen LogP contribution is -2.39. The van der Waals surface area contributed by atoms with Crippen LogP contribution < -0.4 is 10.1 Å². The Balaban J connectivity index is 1.37. The first-order chi connectivity index (χ1) is 21.8. The largest absolute Gasteiger partial charge is 0.489 e. The first kappa shape index (κ1) is 33.6. The molecule has 5 rings (SSSR count). The van der Waals surface area contributed by atoms with Gasteiger partial charge in [0.25, 0.3) is 5.91 Å². The highest BCUT2D eigenvalue weighted by atomic mass is 28.3. The predicted octanol–water partition coefficient (Wildman–Crippen LogP) is 6.31. The summed E-state index contributed by atoms with van der Waals surface area (Å²) in [5.41, 5.74) is -0.720. The second-order valence-electron chi connectivity index (χ2n) is 13.3. The lowest BCUT2D eigenvalue weighted by molar-refractivity contribution is -0.141. The lowest BCUT2D eigenvalue weighted by atomic mass is 9.87. The molecule has 3 aromatic rings. The van der Waals surface area contributed by atoms with Crippen LogP contribution in [0.2, 0.25) is 25.7 Å². The summed E-state index contributed by atoms with van der Waals surface area (Å²) in [5, 5.41) is 8.14. The number of pyridine rings is 1. The van der Waals surface area contributed by atoms with Gasteiger partial charge < -0.3 is 24.5 Å². The normalized spacial score (nSPS) is 20.7. The maximum Gasteiger partial charge on any atom is 0.433 e. The van der Waals surface area contributed by atoms with Crippen LogP contribution in [0.4, 0.5) is 18.9 Å². The van der Waals surface area contributed by atoms with Gasteiger partial charge in [0.05, 0.1) is 23.3 Å². The number of ether oxygens (including phenoxy) is 2. The lowest BCUT2D eigenvalue weighted by Gasteiger charge is -2.26. The topological polar surface area (TPSA) is 116 Å². The number of nitrogens with one attached hydrogen (secondary N) is 1. The van der Waals surface area contributed by atoms with Gasteiger partial charge in [0.15, 0.2) is 0 Å². The molecule has 2 aromatic heterocycles. The molecule has 3 heterocycles. The molecule has 1 N–H and O–H groups in total. The Morgan fingerprint density at radius 3 is 2.59 bits per heavy atom. The number of fused-ring (bicyclic) bond motifs is 1. The highest BCUT2D eigenvalue weighted by Crippen LogP contribution is 2.35. The van der Waals surface area contributed by atoms with Gasteiger partial charge in [-0.2, -0.15) is 18.3 Å². The maximum atomic E-state index is 13.3. The van der Waals surface area contributed by atoms with Crippen molar-refractivity contribution >= 4 is 42.8 Å². The molecule has 1 aromatic carbocycles. The van der Waals surface area contributed by atoms with E-state index in [9.17, 15) is 27.6 Å². The Bertz CT molecular complexity index is 1570. The molecule has 2 amide bonds. The highest BCUT2D eigenvalue weighted by molar-refractivity contribution is 6.76. The number of hydrogen-bond donors (Lipinski definition) is 1. The van der Waals surface area contributed by atoms with Gasteiger partial charge in [-0.15, -0.1) is 0 Å². The van der Waals surface area contributed by atoms with E-state index in [2.05, 4.69) is 29.9 Å². The average Bonchev–Trinajstić information content (AvgIpc) is 3.59. The van der Waals surface area contributed by atoms with Gasteiger partial charge in [0.2, 0.25) is 5.91 Å². The molecule has 1 saturated carbocycles. The number of nitrogens with zero attached hydrogens (tertiary/aromatic N) is 4. The molecule has 2 aliphatic rings. The molecule has 14 heteroatoms. The van der Waals surface area contributed by atoms with Crippen LogP contribution in [0.3, 0.4) is 0 Å². The van der Waals surface area contributed by atoms with Crippen LogP contribution in [-0.2, 0) is 20.5 Å². The van der Waals surface area contributed by atoms with Crippen molar-refractivity contribution < 1.29 is 37.0 Å². The van der Waals surface area contributed by atoms with Gasteiger partial charge in [-0.3, -0.25) is 14.3 Å². The van der Waals surface area contributed by atoms with Gasteiger partial charge in [-0.05, 0) is 56.3 Å². The van der Waals surface area contributed by atoms with Crippen LogP contribution >= 0.6 is 0 Å². The van der Waals surface area contributed by atoms with Crippen molar-refractivity contribution in [1.29, 1.82) is 0 Å². The Morgan fingerprint density at radius 1 is 1.13 bits per heavy atom. The fraction of sp³-hybridized carbons (Fsp3) is 0.531. The number of aldehydes is 1. The standard InChI is InChI=1S/C32H40F3N5O5Si/c1-46(2,3)14-13-44-20-39-24(11-12-30(39)42)19-45-28-16-26-22(17-40(38-26)23-9-7-21(18-41)8-10-23)15-27(28)37-31(43)25-5-4-6-29(36-25)32(33,34)35/h4-6,15-18,21,23-24H,7-14,19-20H2,1-3H3,(H,37,43)/t21?,23?,24-/m1/s1. The maximum absolute atomic E-state index is 13.3. The number of halogens is 3. The second-order valence-corrected chi connectivity index (χ2v) is 18.9. The van der Waals surface area contributed by atoms with Gasteiger partial charge in [-0.1, -0.05) is 25.7 Å². The smallest absolute Gasteiger partial charge is 0.433 e. The molecule has 1 aliphatic carbocycles. The second kappa shape index (κ2) is 13.9. The summed E-state index contributed by atoms with van der Waals surface area (Å²) in [7, 11) is -1.29. The highest BCUT2D eigenvalue weighted by Gasteiger charge is 2.34. The third-order valence-electron chi connectivity index (χ3n) is 8.56. The van der Waals surface area contributed by atoms with Crippen molar-refractivity contribution in [2.24, 2.45) is 5.92 Å². The van der Waals surface area contributed by atoms with Crippen LogP contribution in [0.1, 0.15) is 60.7 Å². The SMILES string of the molecule is C[Si](C)(C)CCOCN1C(=O)CC[C@@H]1COc1cc2nn(C3CCC(C=O)CC3)cc2cc1NC(=O)c1cccc(C(F)(F)F)n1. The van der Waals surface area contributed by atoms with E-state index in [0.29, 0.717) is 30.4 Å². The molecule has 1 atom stereocenters. The summed E-state index contributed by atoms with van der Waals surface area (Å²) < 4.78 is 53.8. The molecule has 0 radical (unpaired) electrons. The molecular weight excluding hydrogens is 619 g/mol. The van der Waals surface area contributed by atoms with Gasteiger partial charge >= 0.3 is 6.18 Å². The Morgan fingerprint density at radius 2 is 1.89 bits per heavy atom. The van der Waals surface area contributed by atoms with Crippen molar-refractivity contribution in [2.45, 2.75) is 82.5 Å². The number of alkyl halides is 3. The van der Waals surface area contributed by atoms with E-state index in [0.717, 1.165) is 50.1 Å². The third kappa shape index (κ3) is 8.32. The zero-order chi connectivity index (χ0) is 33.1. The van der Waals surface area contributed by atoms with Crippen LogP contribution in [0.25, 0.3) is 10.9 Å². The van der Waals surface area contributed by atoms with Crippen LogP contribution in [-0.4, -0.2) is 71.8 Å². The summed E-state index contributed by atoms with van der Waals surface area (Å²) in [6.45, 7) is 7.62. The van der Waals surface area contributed by atoms with E-state index < -0.39 is 31.5 Å². The molecule has 1 saturated heterocycles. The monoisotopic (exact) mass is 659 g/mol. The number of amides is 2. The molecule has 248 valence electrons. The van der Waals surface area contributed by atoms with Gasteiger partial charge in [-0.25, -0.2) is 4.98 Å². The van der Waals surface area contributed by atoms with Gasteiger partial charge in [0.1, 0.15) is 36.8 Å². The number of benzene rings is 1. The molecule has 46 heavy (non-hydrogen) atoms. The van der Waals surface area contributed by atoms with E-state index >= 15 is 0 Å². The summed E-state index contributed by atoms with van der Waals surface area (Å²) in [6.07, 6.45) is 2.27. The Labute approximate surface area is 266 Å². The van der Waals surface area contributed by atoms with E-state index in [1.807, 2.05) is 10.9 Å². The fourth-order valence-electron chi connectivity index (χ4n) is 5.75. The first-order valence-electron chi connectivity index (χ1n) is 15.6. The third-order valence-corrected chi connectivity index (χ3v) is 10.3. The average molecular weight is 660 g/mol. The van der Waals surface area contributed by atoms with Gasteiger partial charge in [0, 0.05) is 44.7 Å². The van der Waals surface area contributed by atoms with Crippen molar-refractivity contribution in [3.05, 3.63) is 47.9 Å². The number of carbonyl (C=O) groups excluding carboxylic acids is 3. The van der Waals surface area contributed by atoms with E-state index in [1.165, 1.54) is 6.07 Å². The summed E-state index contributed by atoms with van der Waals surface area (Å²) in [4.78, 5) is 42.2. The van der Waals surface area contributed by atoms with Crippen LogP contribution in [0.5, 0.6) is 5.75 Å². The molecule has 0 spiro atoms. The van der Waals surface area contributed by atoms with Crippen molar-refractivity contribution in [3.63, 3.8) is 0 Å². The van der Waals surface area contributed by atoms with E-state index in [1.54, 1.807) is 17.0 Å². The molecule has 0 unspecified atom stereocenters. The summed E-state index contributed by atoms with van der Waals surface area (Å²) in [6, 6.07) is 7.34. The van der Waals surface area contributed by atoms with Crippen LogP contribution in [0.15, 0.2) is 36.5 Å². The Kier molecular flexibility index (Phi) is 10.2. The molecule has 0 bridgehead atoms. The minimum atomic E-state index is -4.70. The number of anilines is 1. The quantitative estimate of drug-likeness (QED) is 0.138. The Hall–Kier alpha value is -3.78. The minimum Gasteiger partial charge on any atom is -0.489 e. The zero-order valence-electron chi connectivity index (χ0n) is 26.3. The number of rotatable bonds is 12. The van der Waals surface area contributed by atoms with Crippen LogP contribution in [0, 0.1) is 5.92 Å². The number of carbonyl (C=O) groups is 3. The zero-order valence-corrected chi connectivity index (χ0v) is 27.3. The van der Waals surface area contributed by atoms with Crippen molar-refractivity contribution in [3.8, 4) is 5.75 Å². The van der Waals surface area contributed by atoms with E-state index in [-0.39, 0.29) is 48.7 Å². The molecule has 10 nitrogen and oxygen atoms in total. The number of aromatic nitrogens is 3. The number of hydrogen-bond acceptors (Lipinski definition) is 7. The predicted molar refractivity (Wildman–Crippen MR) is 168 cm³/mol. The molecule has 2 fully saturated rings. The first-order valence-corrected chi connectivity index (χ1v) is 19.4. The summed E-state index contributed by atoms with van der Waals surface area (Å²) >= 11 is 0. The molecule has 1 aliphatic heterocycles. The summed E-state index contributed by atoms with van der Waals surface area (Å²) in [5.74, 6) is -0.533. The van der Waals surface area contributed by atoms with Crippen molar-refractivity contribution in [2.75, 3.05) is 25.3 Å². The molecular formula is C32H40F3N5O5Si. The fourth-order valence-corrected chi connectivity index (χ4v) is 6.51. The van der Waals surface area contributed by atoms with E-state index in [4.69, 9.17) is 14.6 Å². The van der Waals surface area contributed by atoms with Crippen molar-refractivity contribution in [1.82, 2.24) is 19.7 Å². The minimum absolute atomic E-state index is 0.0238. The number of likely N-dealkylation sites (tertiary alicyclic amines) is 1.